The third-order valence-corrected chi connectivity index (χ3v) is 6.95. The molecular weight excluding hydrogens is 320 g/mol. The van der Waals surface area contributed by atoms with E-state index in [0.29, 0.717) is 26.2 Å². The van der Waals surface area contributed by atoms with Gasteiger partial charge in [0.15, 0.2) is 17.2 Å². The summed E-state index contributed by atoms with van der Waals surface area (Å²) in [5.74, 6) is -0.482. The normalized spacial score (nSPS) is 44.3. The van der Waals surface area contributed by atoms with Crippen molar-refractivity contribution in [2.45, 2.75) is 63.9 Å². The molecule has 25 heavy (non-hydrogen) atoms. The Morgan fingerprint density at radius 3 is 2.64 bits per heavy atom. The van der Waals surface area contributed by atoms with E-state index in [1.54, 1.807) is 7.11 Å². The van der Waals surface area contributed by atoms with Crippen molar-refractivity contribution < 1.29 is 23.7 Å². The molecule has 0 aromatic heterocycles. The molecule has 0 aromatic rings. The van der Waals surface area contributed by atoms with Crippen molar-refractivity contribution >= 4 is 5.78 Å². The SMILES string of the molecule is COC[C@]12CCC3(OCCO3)[C@@H](C)[C@@H]1C(=O)[C@@]1(CC=C(C)C)O[C@H]1C2. The Kier molecular flexibility index (Phi) is 4.15. The summed E-state index contributed by atoms with van der Waals surface area (Å²) in [6.07, 6.45) is 5.46. The summed E-state index contributed by atoms with van der Waals surface area (Å²) in [5, 5.41) is 0. The van der Waals surface area contributed by atoms with Gasteiger partial charge < -0.3 is 18.9 Å². The lowest BCUT2D eigenvalue weighted by atomic mass is 9.52. The fraction of sp³-hybridized carbons (Fsp3) is 0.850. The van der Waals surface area contributed by atoms with Gasteiger partial charge in [0, 0.05) is 37.2 Å². The number of epoxide rings is 1. The van der Waals surface area contributed by atoms with Crippen LogP contribution in [0.25, 0.3) is 0 Å². The first-order chi connectivity index (χ1) is 11.9. The number of rotatable bonds is 4. The lowest BCUT2D eigenvalue weighted by molar-refractivity contribution is -0.248. The van der Waals surface area contributed by atoms with Crippen molar-refractivity contribution in [2.75, 3.05) is 26.9 Å². The molecule has 0 amide bonds. The largest absolute Gasteiger partial charge is 0.384 e. The lowest BCUT2D eigenvalue weighted by Crippen LogP contribution is -2.61. The van der Waals surface area contributed by atoms with Crippen LogP contribution in [-0.2, 0) is 23.7 Å². The van der Waals surface area contributed by atoms with Gasteiger partial charge in [0.25, 0.3) is 0 Å². The monoisotopic (exact) mass is 350 g/mol. The molecule has 0 radical (unpaired) electrons. The van der Waals surface area contributed by atoms with Crippen LogP contribution >= 0.6 is 0 Å². The fourth-order valence-corrected chi connectivity index (χ4v) is 5.62. The Labute approximate surface area is 150 Å². The molecule has 0 aromatic carbocycles. The second-order valence-electron chi connectivity index (χ2n) is 8.62. The Hall–Kier alpha value is -0.750. The molecule has 4 fully saturated rings. The molecule has 5 heteroatoms. The van der Waals surface area contributed by atoms with Gasteiger partial charge in [-0.1, -0.05) is 18.6 Å². The predicted molar refractivity (Wildman–Crippen MR) is 92.1 cm³/mol. The van der Waals surface area contributed by atoms with Crippen LogP contribution in [-0.4, -0.2) is 50.2 Å². The molecule has 5 atom stereocenters. The molecular formula is C20H30O5. The van der Waals surface area contributed by atoms with E-state index < -0.39 is 11.4 Å². The molecule has 1 spiro atoms. The second-order valence-corrected chi connectivity index (χ2v) is 8.62. The van der Waals surface area contributed by atoms with Gasteiger partial charge in [-0.15, -0.1) is 0 Å². The maximum absolute atomic E-state index is 13.6. The number of ketones is 1. The molecule has 2 saturated carbocycles. The quantitative estimate of drug-likeness (QED) is 0.576. The van der Waals surface area contributed by atoms with Crippen molar-refractivity contribution in [3.63, 3.8) is 0 Å². The molecule has 4 rings (SSSR count). The zero-order chi connectivity index (χ0) is 17.9. The Morgan fingerprint density at radius 2 is 2.00 bits per heavy atom. The Bertz CT molecular complexity index is 589. The highest BCUT2D eigenvalue weighted by molar-refractivity contribution is 5.95. The molecule has 5 nitrogen and oxygen atoms in total. The molecule has 0 N–H and O–H groups in total. The van der Waals surface area contributed by atoms with E-state index >= 15 is 0 Å². The van der Waals surface area contributed by atoms with Crippen LogP contribution < -0.4 is 0 Å². The zero-order valence-corrected chi connectivity index (χ0v) is 15.8. The van der Waals surface area contributed by atoms with E-state index in [1.165, 1.54) is 5.57 Å². The average Bonchev–Trinajstić information content (AvgIpc) is 3.07. The van der Waals surface area contributed by atoms with E-state index in [-0.39, 0.29) is 29.1 Å². The highest BCUT2D eigenvalue weighted by Gasteiger charge is 2.74. The van der Waals surface area contributed by atoms with Gasteiger partial charge in [0.2, 0.25) is 0 Å². The molecule has 140 valence electrons. The van der Waals surface area contributed by atoms with E-state index in [0.717, 1.165) is 19.3 Å². The first kappa shape index (κ1) is 17.7. The molecule has 4 aliphatic rings. The number of allylic oxidation sites excluding steroid dienone is 1. The molecule has 2 heterocycles. The van der Waals surface area contributed by atoms with Crippen molar-refractivity contribution in [1.29, 1.82) is 0 Å². The molecule has 0 bridgehead atoms. The van der Waals surface area contributed by atoms with Gasteiger partial charge in [-0.25, -0.2) is 0 Å². The maximum Gasteiger partial charge on any atom is 0.171 e. The van der Waals surface area contributed by atoms with Crippen molar-refractivity contribution in [3.8, 4) is 0 Å². The highest BCUT2D eigenvalue weighted by Crippen LogP contribution is 2.64. The molecule has 2 aliphatic carbocycles. The molecule has 0 unspecified atom stereocenters. The zero-order valence-electron chi connectivity index (χ0n) is 15.8. The summed E-state index contributed by atoms with van der Waals surface area (Å²) in [5.41, 5.74) is 0.451. The molecule has 2 saturated heterocycles. The lowest BCUT2D eigenvalue weighted by Gasteiger charge is -2.54. The summed E-state index contributed by atoms with van der Waals surface area (Å²) in [4.78, 5) is 13.6. The van der Waals surface area contributed by atoms with Gasteiger partial charge >= 0.3 is 0 Å². The van der Waals surface area contributed by atoms with Crippen molar-refractivity contribution in [2.24, 2.45) is 17.3 Å². The van der Waals surface area contributed by atoms with E-state index in [1.807, 2.05) is 0 Å². The topological polar surface area (TPSA) is 57.3 Å². The van der Waals surface area contributed by atoms with Crippen LogP contribution in [0.2, 0.25) is 0 Å². The number of Topliss-reactive ketones (excluding diaryl/α,β-unsaturated/α-hetero) is 1. The second kappa shape index (κ2) is 5.88. The van der Waals surface area contributed by atoms with E-state index in [9.17, 15) is 4.79 Å². The van der Waals surface area contributed by atoms with E-state index in [2.05, 4.69) is 26.8 Å². The van der Waals surface area contributed by atoms with Crippen LogP contribution in [0.5, 0.6) is 0 Å². The van der Waals surface area contributed by atoms with Gasteiger partial charge in [-0.3, -0.25) is 4.79 Å². The average molecular weight is 350 g/mol. The maximum atomic E-state index is 13.6. The number of hydrogen-bond acceptors (Lipinski definition) is 5. The van der Waals surface area contributed by atoms with E-state index in [4.69, 9.17) is 18.9 Å². The van der Waals surface area contributed by atoms with Gasteiger partial charge in [0.05, 0.1) is 25.9 Å². The number of carbonyl (C=O) groups excluding carboxylic acids is 1. The number of carbonyl (C=O) groups is 1. The van der Waals surface area contributed by atoms with Crippen LogP contribution in [0.4, 0.5) is 0 Å². The number of methoxy groups -OCH3 is 1. The third kappa shape index (κ3) is 2.47. The predicted octanol–water partition coefficient (Wildman–Crippen LogP) is 2.88. The summed E-state index contributed by atoms with van der Waals surface area (Å²) < 4.78 is 23.7. The van der Waals surface area contributed by atoms with Gasteiger partial charge in [-0.2, -0.15) is 0 Å². The Morgan fingerprint density at radius 1 is 1.28 bits per heavy atom. The smallest absolute Gasteiger partial charge is 0.171 e. The summed E-state index contributed by atoms with van der Waals surface area (Å²) in [6.45, 7) is 8.08. The number of fused-ring (bicyclic) bond motifs is 2. The Balaban J connectivity index is 1.68. The minimum Gasteiger partial charge on any atom is -0.384 e. The summed E-state index contributed by atoms with van der Waals surface area (Å²) in [7, 11) is 1.73. The highest BCUT2D eigenvalue weighted by atomic mass is 16.7. The fourth-order valence-electron chi connectivity index (χ4n) is 5.62. The first-order valence-corrected chi connectivity index (χ1v) is 9.51. The standard InChI is InChI=1S/C20H30O5/c1-13(2)5-6-19-15(25-19)11-18(12-22-4)7-8-20(23-9-10-24-20)14(3)16(18)17(19)21/h5,14-16H,6-12H2,1-4H3/t14-,15-,16+,18+,19-/m0/s1. The summed E-state index contributed by atoms with van der Waals surface area (Å²) >= 11 is 0. The van der Waals surface area contributed by atoms with Crippen LogP contribution in [0, 0.1) is 17.3 Å². The number of hydrogen-bond donors (Lipinski definition) is 0. The van der Waals surface area contributed by atoms with Crippen molar-refractivity contribution in [3.05, 3.63) is 11.6 Å². The summed E-state index contributed by atoms with van der Waals surface area (Å²) in [6, 6.07) is 0. The number of ether oxygens (including phenoxy) is 4. The van der Waals surface area contributed by atoms with Crippen LogP contribution in [0.3, 0.4) is 0 Å². The molecule has 2 aliphatic heterocycles. The van der Waals surface area contributed by atoms with Gasteiger partial charge in [-0.05, 0) is 26.7 Å². The van der Waals surface area contributed by atoms with Crippen LogP contribution in [0.1, 0.15) is 46.5 Å². The van der Waals surface area contributed by atoms with Gasteiger partial charge in [0.1, 0.15) is 0 Å². The third-order valence-electron chi connectivity index (χ3n) is 6.95. The first-order valence-electron chi connectivity index (χ1n) is 9.51. The minimum absolute atomic E-state index is 0.0140. The minimum atomic E-state index is -0.620. The van der Waals surface area contributed by atoms with Crippen molar-refractivity contribution in [1.82, 2.24) is 0 Å². The van der Waals surface area contributed by atoms with Crippen LogP contribution in [0.15, 0.2) is 11.6 Å².